The van der Waals surface area contributed by atoms with Crippen LogP contribution in [-0.4, -0.2) is 17.3 Å². The molecule has 1 aromatic carbocycles. The van der Waals surface area contributed by atoms with Crippen LogP contribution in [0.25, 0.3) is 12.2 Å². The molecule has 0 spiro atoms. The maximum atomic E-state index is 6.10. The van der Waals surface area contributed by atoms with Crippen LogP contribution >= 0.6 is 23.8 Å². The number of nitrogens with zero attached hydrogens (tertiary/aromatic N) is 1. The Morgan fingerprint density at radius 2 is 2.10 bits per heavy atom. The lowest BCUT2D eigenvalue weighted by atomic mass is 10.2. The predicted molar refractivity (Wildman–Crippen MR) is 86.9 cm³/mol. The van der Waals surface area contributed by atoms with Crippen LogP contribution in [0.1, 0.15) is 17.0 Å². The zero-order valence-electron chi connectivity index (χ0n) is 11.1. The van der Waals surface area contributed by atoms with E-state index < -0.39 is 0 Å². The second-order valence-corrected chi connectivity index (χ2v) is 4.88. The number of aromatic nitrogens is 1. The van der Waals surface area contributed by atoms with Gasteiger partial charge in [-0.25, -0.2) is 0 Å². The molecule has 0 amide bonds. The Labute approximate surface area is 127 Å². The first-order chi connectivity index (χ1) is 9.61. The first-order valence-electron chi connectivity index (χ1n) is 5.99. The van der Waals surface area contributed by atoms with Crippen LogP contribution in [0.15, 0.2) is 28.8 Å². The van der Waals surface area contributed by atoms with Gasteiger partial charge in [-0.3, -0.25) is 0 Å². The third kappa shape index (κ3) is 3.37. The van der Waals surface area contributed by atoms with E-state index in [1.54, 1.807) is 7.05 Å². The first kappa shape index (κ1) is 14.6. The molecular formula is C14H14ClN3OS. The standard InChI is InChI=1S/C14H14ClN3OS/c1-9-13(17-14(20)16-2)12(19-18-9)8-7-10-5-3-4-6-11(10)15/h3-8H,1-2H3,(H2,16,17,20)/b8-7+. The molecule has 0 aliphatic carbocycles. The fraction of sp³-hybridized carbons (Fsp3) is 0.143. The highest BCUT2D eigenvalue weighted by molar-refractivity contribution is 7.80. The number of benzene rings is 1. The van der Waals surface area contributed by atoms with Gasteiger partial charge in [0.2, 0.25) is 0 Å². The molecule has 6 heteroatoms. The Morgan fingerprint density at radius 3 is 2.80 bits per heavy atom. The van der Waals surface area contributed by atoms with Gasteiger partial charge in [-0.05, 0) is 42.9 Å². The minimum atomic E-state index is 0.503. The highest BCUT2D eigenvalue weighted by Crippen LogP contribution is 2.24. The molecule has 4 nitrogen and oxygen atoms in total. The summed E-state index contributed by atoms with van der Waals surface area (Å²) in [5.41, 5.74) is 2.39. The Bertz CT molecular complexity index is 652. The first-order valence-corrected chi connectivity index (χ1v) is 6.78. The van der Waals surface area contributed by atoms with Crippen molar-refractivity contribution >= 4 is 46.8 Å². The molecule has 1 heterocycles. The summed E-state index contributed by atoms with van der Waals surface area (Å²) >= 11 is 11.2. The normalized spacial score (nSPS) is 10.8. The van der Waals surface area contributed by atoms with Gasteiger partial charge in [0.05, 0.1) is 0 Å². The Balaban J connectivity index is 2.26. The van der Waals surface area contributed by atoms with Crippen molar-refractivity contribution in [1.29, 1.82) is 0 Å². The van der Waals surface area contributed by atoms with Crippen LogP contribution in [0.5, 0.6) is 0 Å². The summed E-state index contributed by atoms with van der Waals surface area (Å²) in [5, 5.41) is 11.0. The molecule has 0 aliphatic heterocycles. The molecule has 0 saturated carbocycles. The summed E-state index contributed by atoms with van der Waals surface area (Å²) in [6.45, 7) is 1.84. The van der Waals surface area contributed by atoms with Gasteiger partial charge in [-0.2, -0.15) is 0 Å². The molecule has 2 aromatic rings. The van der Waals surface area contributed by atoms with Crippen molar-refractivity contribution < 1.29 is 4.52 Å². The maximum Gasteiger partial charge on any atom is 0.183 e. The molecular weight excluding hydrogens is 294 g/mol. The monoisotopic (exact) mass is 307 g/mol. The smallest absolute Gasteiger partial charge is 0.183 e. The van der Waals surface area contributed by atoms with E-state index in [1.807, 2.05) is 43.3 Å². The lowest BCUT2D eigenvalue weighted by Gasteiger charge is -2.05. The van der Waals surface area contributed by atoms with Gasteiger partial charge in [0.15, 0.2) is 10.9 Å². The molecule has 20 heavy (non-hydrogen) atoms. The van der Waals surface area contributed by atoms with Crippen LogP contribution in [-0.2, 0) is 0 Å². The van der Waals surface area contributed by atoms with E-state index in [2.05, 4.69) is 15.8 Å². The molecule has 2 N–H and O–H groups in total. The van der Waals surface area contributed by atoms with Crippen molar-refractivity contribution in [2.45, 2.75) is 6.92 Å². The quantitative estimate of drug-likeness (QED) is 0.846. The predicted octanol–water partition coefficient (Wildman–Crippen LogP) is 3.72. The van der Waals surface area contributed by atoms with Crippen molar-refractivity contribution in [3.05, 3.63) is 46.3 Å². The average Bonchev–Trinajstić information content (AvgIpc) is 2.79. The minimum absolute atomic E-state index is 0.503. The number of nitrogens with one attached hydrogen (secondary N) is 2. The van der Waals surface area contributed by atoms with E-state index in [-0.39, 0.29) is 0 Å². The Hall–Kier alpha value is -1.85. The lowest BCUT2D eigenvalue weighted by molar-refractivity contribution is 0.408. The second-order valence-electron chi connectivity index (χ2n) is 4.07. The Morgan fingerprint density at radius 1 is 1.35 bits per heavy atom. The summed E-state index contributed by atoms with van der Waals surface area (Å²) in [4.78, 5) is 0. The highest BCUT2D eigenvalue weighted by atomic mass is 35.5. The summed E-state index contributed by atoms with van der Waals surface area (Å²) in [7, 11) is 1.75. The third-order valence-corrected chi connectivity index (χ3v) is 3.32. The van der Waals surface area contributed by atoms with Crippen LogP contribution < -0.4 is 10.6 Å². The van der Waals surface area contributed by atoms with Crippen LogP contribution in [0.3, 0.4) is 0 Å². The Kier molecular flexibility index (Phi) is 4.76. The topological polar surface area (TPSA) is 50.1 Å². The van der Waals surface area contributed by atoms with Crippen molar-refractivity contribution in [2.24, 2.45) is 0 Å². The fourth-order valence-corrected chi connectivity index (χ4v) is 1.91. The molecule has 2 rings (SSSR count). The van der Waals surface area contributed by atoms with Gasteiger partial charge >= 0.3 is 0 Å². The molecule has 1 aromatic heterocycles. The van der Waals surface area contributed by atoms with Gasteiger partial charge in [-0.15, -0.1) is 0 Å². The third-order valence-electron chi connectivity index (χ3n) is 2.67. The molecule has 0 bridgehead atoms. The maximum absolute atomic E-state index is 6.10. The lowest BCUT2D eigenvalue weighted by Crippen LogP contribution is -2.24. The number of rotatable bonds is 3. The fourth-order valence-electron chi connectivity index (χ4n) is 1.60. The SMILES string of the molecule is CNC(=S)Nc1c(C)noc1/C=C/c1ccccc1Cl. The molecule has 0 aliphatic rings. The largest absolute Gasteiger partial charge is 0.366 e. The van der Waals surface area contributed by atoms with E-state index in [0.29, 0.717) is 15.9 Å². The molecule has 0 fully saturated rings. The van der Waals surface area contributed by atoms with E-state index in [0.717, 1.165) is 16.9 Å². The zero-order valence-corrected chi connectivity index (χ0v) is 12.7. The van der Waals surface area contributed by atoms with Crippen LogP contribution in [0.2, 0.25) is 5.02 Å². The van der Waals surface area contributed by atoms with Gasteiger partial charge in [0, 0.05) is 12.1 Å². The minimum Gasteiger partial charge on any atom is -0.366 e. The van der Waals surface area contributed by atoms with Crippen molar-refractivity contribution in [3.8, 4) is 0 Å². The van der Waals surface area contributed by atoms with E-state index in [9.17, 15) is 0 Å². The number of hydrogen-bond donors (Lipinski definition) is 2. The van der Waals surface area contributed by atoms with Crippen molar-refractivity contribution in [2.75, 3.05) is 12.4 Å². The van der Waals surface area contributed by atoms with Crippen LogP contribution in [0, 0.1) is 6.92 Å². The van der Waals surface area contributed by atoms with Gasteiger partial charge in [-0.1, -0.05) is 35.0 Å². The van der Waals surface area contributed by atoms with Crippen molar-refractivity contribution in [1.82, 2.24) is 10.5 Å². The van der Waals surface area contributed by atoms with Crippen LogP contribution in [0.4, 0.5) is 5.69 Å². The number of thiocarbonyl (C=S) groups is 1. The zero-order chi connectivity index (χ0) is 14.5. The van der Waals surface area contributed by atoms with Gasteiger partial charge < -0.3 is 15.2 Å². The summed E-state index contributed by atoms with van der Waals surface area (Å²) in [6, 6.07) is 7.57. The van der Waals surface area contributed by atoms with E-state index in [1.165, 1.54) is 0 Å². The number of hydrogen-bond acceptors (Lipinski definition) is 3. The van der Waals surface area contributed by atoms with Gasteiger partial charge in [0.25, 0.3) is 0 Å². The molecule has 0 unspecified atom stereocenters. The number of halogens is 1. The van der Waals surface area contributed by atoms with E-state index >= 15 is 0 Å². The number of anilines is 1. The van der Waals surface area contributed by atoms with E-state index in [4.69, 9.17) is 28.3 Å². The van der Waals surface area contributed by atoms with Gasteiger partial charge in [0.1, 0.15) is 11.4 Å². The molecule has 104 valence electrons. The molecule has 0 saturated heterocycles. The second kappa shape index (κ2) is 6.54. The highest BCUT2D eigenvalue weighted by Gasteiger charge is 2.11. The average molecular weight is 308 g/mol. The summed E-state index contributed by atoms with van der Waals surface area (Å²) in [5.74, 6) is 0.597. The molecule has 0 radical (unpaired) electrons. The number of aryl methyl sites for hydroxylation is 1. The summed E-state index contributed by atoms with van der Waals surface area (Å²) in [6.07, 6.45) is 3.68. The summed E-state index contributed by atoms with van der Waals surface area (Å²) < 4.78 is 5.27. The molecule has 0 atom stereocenters. The van der Waals surface area contributed by atoms with Crippen molar-refractivity contribution in [3.63, 3.8) is 0 Å².